The van der Waals surface area contributed by atoms with Crippen molar-refractivity contribution in [2.75, 3.05) is 6.54 Å². The van der Waals surface area contributed by atoms with Gasteiger partial charge in [0.1, 0.15) is 17.8 Å². The number of benzene rings is 3. The van der Waals surface area contributed by atoms with Crippen molar-refractivity contribution in [3.63, 3.8) is 0 Å². The van der Waals surface area contributed by atoms with Gasteiger partial charge in [0, 0.05) is 19.0 Å². The Kier molecular flexibility index (Phi) is 7.96. The Morgan fingerprint density at radius 2 is 1.93 bits per heavy atom. The van der Waals surface area contributed by atoms with Gasteiger partial charge in [0.2, 0.25) is 11.8 Å². The third-order valence-electron chi connectivity index (χ3n) is 6.99. The van der Waals surface area contributed by atoms with E-state index in [2.05, 4.69) is 10.3 Å². The van der Waals surface area contributed by atoms with Crippen LogP contribution in [0.5, 0.6) is 5.75 Å². The van der Waals surface area contributed by atoms with Crippen molar-refractivity contribution < 1.29 is 23.1 Å². The van der Waals surface area contributed by atoms with E-state index in [0.717, 1.165) is 27.8 Å². The van der Waals surface area contributed by atoms with E-state index in [-0.39, 0.29) is 47.8 Å². The second-order valence-corrected chi connectivity index (χ2v) is 10.3. The van der Waals surface area contributed by atoms with Gasteiger partial charge in [-0.15, -0.1) is 0 Å². The molecule has 0 bridgehead atoms. The lowest BCUT2D eigenvalue weighted by molar-refractivity contribution is -0.136. The topological polar surface area (TPSA) is 84.7 Å². The molecule has 1 unspecified atom stereocenters. The molecule has 40 heavy (non-hydrogen) atoms. The molecule has 0 fully saturated rings. The van der Waals surface area contributed by atoms with E-state index in [1.807, 2.05) is 68.1 Å². The molecule has 1 aliphatic heterocycles. The van der Waals surface area contributed by atoms with Crippen LogP contribution in [0.1, 0.15) is 64.1 Å². The molecule has 0 aliphatic carbocycles. The zero-order valence-electron chi connectivity index (χ0n) is 22.8. The van der Waals surface area contributed by atoms with Crippen LogP contribution in [-0.2, 0) is 24.4 Å². The third-order valence-corrected chi connectivity index (χ3v) is 6.99. The molecule has 4 aromatic rings. The number of hydrogen-bond donors (Lipinski definition) is 1. The SMILES string of the molecule is Cc1cccc(CNC(=O)c2coc(COc3ccc4c(c3)C(c3ccc(F)cc3)N(C(=O)C(C)C)CC4)n2)c1. The van der Waals surface area contributed by atoms with E-state index in [4.69, 9.17) is 9.15 Å². The number of fused-ring (bicyclic) bond motifs is 1. The molecule has 0 radical (unpaired) electrons. The fraction of sp³-hybridized carbons (Fsp3) is 0.281. The number of ether oxygens (including phenoxy) is 1. The zero-order chi connectivity index (χ0) is 28.2. The number of aromatic nitrogens is 1. The molecule has 2 heterocycles. The molecular weight excluding hydrogens is 509 g/mol. The number of carbonyl (C=O) groups is 2. The summed E-state index contributed by atoms with van der Waals surface area (Å²) in [6, 6.07) is 19.6. The number of halogens is 1. The first-order valence-corrected chi connectivity index (χ1v) is 13.4. The maximum atomic E-state index is 13.7. The van der Waals surface area contributed by atoms with Crippen LogP contribution in [0.4, 0.5) is 4.39 Å². The van der Waals surface area contributed by atoms with Crippen molar-refractivity contribution in [3.05, 3.63) is 118 Å². The van der Waals surface area contributed by atoms with Gasteiger partial charge in [-0.3, -0.25) is 9.59 Å². The second kappa shape index (κ2) is 11.7. The monoisotopic (exact) mass is 541 g/mol. The standard InChI is InChI=1S/C32H32FN3O4/c1-20(2)32(38)36-14-13-23-9-12-26(16-27(23)30(36)24-7-10-25(33)11-8-24)39-19-29-35-28(18-40-29)31(37)34-17-22-6-4-5-21(3)15-22/h4-12,15-16,18,20,30H,13-14,17,19H2,1-3H3,(H,34,37). The van der Waals surface area contributed by atoms with Crippen LogP contribution in [-0.4, -0.2) is 28.2 Å². The van der Waals surface area contributed by atoms with Gasteiger partial charge < -0.3 is 19.4 Å². The van der Waals surface area contributed by atoms with Crippen molar-refractivity contribution in [1.82, 2.24) is 15.2 Å². The van der Waals surface area contributed by atoms with Crippen LogP contribution in [0.15, 0.2) is 77.4 Å². The van der Waals surface area contributed by atoms with E-state index in [1.54, 1.807) is 12.1 Å². The molecule has 2 amide bonds. The quantitative estimate of drug-likeness (QED) is 0.307. The summed E-state index contributed by atoms with van der Waals surface area (Å²) in [6.45, 7) is 6.76. The van der Waals surface area contributed by atoms with E-state index in [9.17, 15) is 14.0 Å². The Labute approximate surface area is 233 Å². The Morgan fingerprint density at radius 1 is 1.12 bits per heavy atom. The zero-order valence-corrected chi connectivity index (χ0v) is 22.8. The highest BCUT2D eigenvalue weighted by atomic mass is 19.1. The molecule has 5 rings (SSSR count). The minimum absolute atomic E-state index is 0.0276. The van der Waals surface area contributed by atoms with Gasteiger partial charge in [0.25, 0.3) is 5.91 Å². The summed E-state index contributed by atoms with van der Waals surface area (Å²) >= 11 is 0. The Balaban J connectivity index is 1.30. The largest absolute Gasteiger partial charge is 0.484 e. The van der Waals surface area contributed by atoms with Gasteiger partial charge in [-0.1, -0.05) is 61.9 Å². The Hall–Kier alpha value is -4.46. The molecular formula is C32H32FN3O4. The first-order valence-electron chi connectivity index (χ1n) is 13.4. The van der Waals surface area contributed by atoms with Crippen LogP contribution >= 0.6 is 0 Å². The summed E-state index contributed by atoms with van der Waals surface area (Å²) in [4.78, 5) is 31.8. The van der Waals surface area contributed by atoms with Crippen molar-refractivity contribution in [2.45, 2.75) is 46.4 Å². The number of oxazole rings is 1. The van der Waals surface area contributed by atoms with Gasteiger partial charge in [-0.25, -0.2) is 9.37 Å². The fourth-order valence-electron chi connectivity index (χ4n) is 4.98. The molecule has 1 atom stereocenters. The van der Waals surface area contributed by atoms with Crippen LogP contribution in [0.3, 0.4) is 0 Å². The summed E-state index contributed by atoms with van der Waals surface area (Å²) in [6.07, 6.45) is 2.03. The molecule has 0 saturated heterocycles. The minimum atomic E-state index is -0.353. The summed E-state index contributed by atoms with van der Waals surface area (Å²) in [5.41, 5.74) is 5.18. The Morgan fingerprint density at radius 3 is 2.67 bits per heavy atom. The summed E-state index contributed by atoms with van der Waals surface area (Å²) in [5, 5.41) is 2.85. The Bertz CT molecular complexity index is 1510. The normalized spacial score (nSPS) is 14.6. The molecule has 0 spiro atoms. The number of rotatable bonds is 8. The summed E-state index contributed by atoms with van der Waals surface area (Å²) in [5.74, 6) is 0.0602. The first kappa shape index (κ1) is 27.1. The smallest absolute Gasteiger partial charge is 0.273 e. The van der Waals surface area contributed by atoms with Crippen molar-refractivity contribution in [2.24, 2.45) is 5.92 Å². The van der Waals surface area contributed by atoms with E-state index < -0.39 is 0 Å². The molecule has 3 aromatic carbocycles. The lowest BCUT2D eigenvalue weighted by Crippen LogP contribution is -2.42. The number of hydrogen-bond acceptors (Lipinski definition) is 5. The minimum Gasteiger partial charge on any atom is -0.484 e. The maximum absolute atomic E-state index is 13.7. The van der Waals surface area contributed by atoms with Gasteiger partial charge in [0.05, 0.1) is 6.04 Å². The van der Waals surface area contributed by atoms with E-state index >= 15 is 0 Å². The molecule has 8 heteroatoms. The highest BCUT2D eigenvalue weighted by molar-refractivity contribution is 5.91. The number of nitrogens with one attached hydrogen (secondary N) is 1. The van der Waals surface area contributed by atoms with Crippen LogP contribution in [0.25, 0.3) is 0 Å². The average Bonchev–Trinajstić information content (AvgIpc) is 3.43. The van der Waals surface area contributed by atoms with Crippen molar-refractivity contribution >= 4 is 11.8 Å². The number of aryl methyl sites for hydroxylation is 1. The van der Waals surface area contributed by atoms with Gasteiger partial charge in [0.15, 0.2) is 12.3 Å². The van der Waals surface area contributed by atoms with Crippen LogP contribution < -0.4 is 10.1 Å². The van der Waals surface area contributed by atoms with E-state index in [0.29, 0.717) is 25.3 Å². The summed E-state index contributed by atoms with van der Waals surface area (Å²) < 4.78 is 25.2. The number of carbonyl (C=O) groups excluding carboxylic acids is 2. The molecule has 1 aromatic heterocycles. The molecule has 7 nitrogen and oxygen atoms in total. The third kappa shape index (κ3) is 6.06. The van der Waals surface area contributed by atoms with Crippen molar-refractivity contribution in [1.29, 1.82) is 0 Å². The van der Waals surface area contributed by atoms with E-state index in [1.165, 1.54) is 18.4 Å². The number of nitrogens with zero attached hydrogens (tertiary/aromatic N) is 2. The van der Waals surface area contributed by atoms with Crippen LogP contribution in [0.2, 0.25) is 0 Å². The fourth-order valence-corrected chi connectivity index (χ4v) is 4.98. The van der Waals surface area contributed by atoms with Crippen molar-refractivity contribution in [3.8, 4) is 5.75 Å². The highest BCUT2D eigenvalue weighted by Crippen LogP contribution is 2.38. The average molecular weight is 542 g/mol. The predicted molar refractivity (Wildman–Crippen MR) is 148 cm³/mol. The van der Waals surface area contributed by atoms with Gasteiger partial charge in [-0.05, 0) is 59.9 Å². The number of amides is 2. The van der Waals surface area contributed by atoms with Gasteiger partial charge in [-0.2, -0.15) is 0 Å². The first-order chi connectivity index (χ1) is 19.3. The van der Waals surface area contributed by atoms with Gasteiger partial charge >= 0.3 is 0 Å². The molecule has 0 saturated carbocycles. The molecule has 1 N–H and O–H groups in total. The summed E-state index contributed by atoms with van der Waals surface area (Å²) in [7, 11) is 0. The highest BCUT2D eigenvalue weighted by Gasteiger charge is 2.33. The second-order valence-electron chi connectivity index (χ2n) is 10.3. The lowest BCUT2D eigenvalue weighted by Gasteiger charge is -2.39. The van der Waals surface area contributed by atoms with Crippen LogP contribution in [0, 0.1) is 18.7 Å². The lowest BCUT2D eigenvalue weighted by atomic mass is 9.87. The molecule has 1 aliphatic rings. The maximum Gasteiger partial charge on any atom is 0.273 e. The predicted octanol–water partition coefficient (Wildman–Crippen LogP) is 5.76. The molecule has 206 valence electrons.